The highest BCUT2D eigenvalue weighted by molar-refractivity contribution is 6.01. The van der Waals surface area contributed by atoms with Gasteiger partial charge < -0.3 is 30.1 Å². The van der Waals surface area contributed by atoms with E-state index in [0.29, 0.717) is 30.4 Å². The first-order valence-electron chi connectivity index (χ1n) is 14.3. The van der Waals surface area contributed by atoms with Gasteiger partial charge in [-0.25, -0.2) is 0 Å². The topological polar surface area (TPSA) is 142 Å². The Bertz CT molecular complexity index is 1520. The number of carbonyl (C=O) groups excluding carboxylic acids is 4. The minimum absolute atomic E-state index is 0.114. The molecule has 0 radical (unpaired) electrons. The molecule has 2 aliphatic heterocycles. The van der Waals surface area contributed by atoms with Crippen molar-refractivity contribution in [2.45, 2.75) is 73.6 Å². The highest BCUT2D eigenvalue weighted by atomic mass is 16.5. The smallest absolute Gasteiger partial charge is 0.305 e. The zero-order valence-corrected chi connectivity index (χ0v) is 26.1. The minimum atomic E-state index is -0.301. The fourth-order valence-electron chi connectivity index (χ4n) is 5.49. The number of nitrogens with one attached hydrogen (secondary N) is 4. The van der Waals surface area contributed by atoms with Crippen molar-refractivity contribution in [2.75, 3.05) is 14.2 Å². The molecule has 228 valence electrons. The summed E-state index contributed by atoms with van der Waals surface area (Å²) in [5.41, 5.74) is 12.0. The summed E-state index contributed by atoms with van der Waals surface area (Å²) in [6.07, 6.45) is 5.70. The van der Waals surface area contributed by atoms with Gasteiger partial charge >= 0.3 is 11.9 Å². The van der Waals surface area contributed by atoms with Gasteiger partial charge in [0, 0.05) is 64.6 Å². The molecule has 43 heavy (non-hydrogen) atoms. The lowest BCUT2D eigenvalue weighted by molar-refractivity contribution is -0.141. The van der Waals surface area contributed by atoms with Crippen molar-refractivity contribution in [2.24, 2.45) is 0 Å². The zero-order valence-electron chi connectivity index (χ0n) is 26.1. The second-order valence-electron chi connectivity index (χ2n) is 11.1. The molecule has 0 fully saturated rings. The number of aromatic amines is 2. The molecule has 0 aromatic carbocycles. The SMILES string of the molecule is COC(=O)CCc1c(Cc2[nH]c(/C=C3\NC(=O)C(C)=C3C)c(C)c2CCC(=O)OC)[nH]c(/C=C2\NC(=O)C(C)=C2C)c1C. The van der Waals surface area contributed by atoms with Gasteiger partial charge in [-0.15, -0.1) is 0 Å². The summed E-state index contributed by atoms with van der Waals surface area (Å²) in [6.45, 7) is 11.4. The van der Waals surface area contributed by atoms with E-state index in [9.17, 15) is 19.2 Å². The maximum absolute atomic E-state index is 12.2. The highest BCUT2D eigenvalue weighted by Gasteiger charge is 2.25. The van der Waals surface area contributed by atoms with Crippen LogP contribution in [-0.4, -0.2) is 47.9 Å². The molecular weight excluding hydrogens is 548 g/mol. The third kappa shape index (κ3) is 6.43. The first-order valence-corrected chi connectivity index (χ1v) is 14.3. The molecule has 0 saturated heterocycles. The monoisotopic (exact) mass is 588 g/mol. The van der Waals surface area contributed by atoms with Gasteiger partial charge in [-0.1, -0.05) is 0 Å². The summed E-state index contributed by atoms with van der Waals surface area (Å²) < 4.78 is 9.82. The normalized spacial score (nSPS) is 16.9. The molecule has 10 heteroatoms. The molecule has 0 saturated carbocycles. The lowest BCUT2D eigenvalue weighted by atomic mass is 9.98. The molecule has 0 spiro atoms. The molecule has 2 aliphatic rings. The number of carbonyl (C=O) groups is 4. The van der Waals surface area contributed by atoms with Crippen LogP contribution in [0.25, 0.3) is 12.2 Å². The number of rotatable bonds is 10. The number of hydrogen-bond acceptors (Lipinski definition) is 6. The standard InChI is InChI=1S/C33H40N4O6/c1-16-18(3)32(40)36-24(16)13-26-20(5)22(9-11-30(38)42-7)28(34-26)15-29-23(10-12-31(39)43-8)21(6)27(35-29)14-25-17(2)19(4)33(41)37-25/h13-14,34-35H,9-12,15H2,1-8H3,(H,36,40)(H,37,41)/b24-13-,25-14-. The predicted octanol–water partition coefficient (Wildman–Crippen LogP) is 4.38. The summed E-state index contributed by atoms with van der Waals surface area (Å²) in [7, 11) is 2.75. The molecule has 4 heterocycles. The molecule has 0 unspecified atom stereocenters. The fraction of sp³-hybridized carbons (Fsp3) is 0.394. The van der Waals surface area contributed by atoms with E-state index in [1.54, 1.807) is 13.8 Å². The highest BCUT2D eigenvalue weighted by Crippen LogP contribution is 2.31. The van der Waals surface area contributed by atoms with E-state index in [-0.39, 0.29) is 36.6 Å². The van der Waals surface area contributed by atoms with Crippen molar-refractivity contribution in [3.8, 4) is 0 Å². The molecule has 0 aliphatic carbocycles. The van der Waals surface area contributed by atoms with Crippen LogP contribution in [0.5, 0.6) is 0 Å². The van der Waals surface area contributed by atoms with Crippen LogP contribution in [0.15, 0.2) is 33.7 Å². The lowest BCUT2D eigenvalue weighted by Crippen LogP contribution is -2.15. The maximum Gasteiger partial charge on any atom is 0.305 e. The van der Waals surface area contributed by atoms with Gasteiger partial charge in [0.2, 0.25) is 0 Å². The van der Waals surface area contributed by atoms with Gasteiger partial charge in [-0.05, 0) is 99.9 Å². The number of methoxy groups -OCH3 is 2. The summed E-state index contributed by atoms with van der Waals surface area (Å²) in [5, 5.41) is 5.86. The minimum Gasteiger partial charge on any atom is -0.469 e. The Labute approximate surface area is 251 Å². The Kier molecular flexibility index (Phi) is 9.27. The van der Waals surface area contributed by atoms with Crippen LogP contribution in [0.3, 0.4) is 0 Å². The summed E-state index contributed by atoms with van der Waals surface area (Å²) in [4.78, 5) is 55.8. The summed E-state index contributed by atoms with van der Waals surface area (Å²) >= 11 is 0. The van der Waals surface area contributed by atoms with E-state index in [2.05, 4.69) is 20.6 Å². The second kappa shape index (κ2) is 12.7. The van der Waals surface area contributed by atoms with E-state index in [4.69, 9.17) is 9.47 Å². The first-order chi connectivity index (χ1) is 20.4. The van der Waals surface area contributed by atoms with Crippen LogP contribution in [0.1, 0.15) is 85.6 Å². The molecule has 2 amide bonds. The van der Waals surface area contributed by atoms with E-state index < -0.39 is 0 Å². The third-order valence-electron chi connectivity index (χ3n) is 8.67. The summed E-state index contributed by atoms with van der Waals surface area (Å²) in [6, 6.07) is 0. The van der Waals surface area contributed by atoms with Crippen molar-refractivity contribution in [1.29, 1.82) is 0 Å². The Balaban J connectivity index is 1.79. The Morgan fingerprint density at radius 3 is 1.30 bits per heavy atom. The van der Waals surface area contributed by atoms with Crippen LogP contribution in [0.4, 0.5) is 0 Å². The fourth-order valence-corrected chi connectivity index (χ4v) is 5.49. The number of ether oxygens (including phenoxy) is 2. The quantitative estimate of drug-likeness (QED) is 0.304. The molecule has 2 aromatic rings. The van der Waals surface area contributed by atoms with Crippen molar-refractivity contribution in [3.63, 3.8) is 0 Å². The number of aromatic nitrogens is 2. The van der Waals surface area contributed by atoms with E-state index >= 15 is 0 Å². The third-order valence-corrected chi connectivity index (χ3v) is 8.67. The van der Waals surface area contributed by atoms with Gasteiger partial charge in [-0.3, -0.25) is 19.2 Å². The van der Waals surface area contributed by atoms with E-state index in [1.807, 2.05) is 39.8 Å². The number of amides is 2. The molecular formula is C33H40N4O6. The van der Waals surface area contributed by atoms with Crippen molar-refractivity contribution in [1.82, 2.24) is 20.6 Å². The van der Waals surface area contributed by atoms with Gasteiger partial charge in [0.1, 0.15) is 0 Å². The number of allylic oxidation sites excluding steroid dienone is 2. The predicted molar refractivity (Wildman–Crippen MR) is 164 cm³/mol. The van der Waals surface area contributed by atoms with Gasteiger partial charge in [0.05, 0.1) is 14.2 Å². The van der Waals surface area contributed by atoms with Crippen LogP contribution in [-0.2, 0) is 47.9 Å². The number of H-pyrrole nitrogens is 2. The molecule has 4 rings (SSSR count). The van der Waals surface area contributed by atoms with Crippen LogP contribution in [0, 0.1) is 13.8 Å². The molecule has 4 N–H and O–H groups in total. The second-order valence-corrected chi connectivity index (χ2v) is 11.1. The number of hydrogen-bond donors (Lipinski definition) is 4. The Hall–Kier alpha value is -4.60. The van der Waals surface area contributed by atoms with Crippen LogP contribution >= 0.6 is 0 Å². The van der Waals surface area contributed by atoms with Crippen molar-refractivity contribution < 1.29 is 28.7 Å². The average Bonchev–Trinajstić information content (AvgIpc) is 3.61. The lowest BCUT2D eigenvalue weighted by Gasteiger charge is -2.08. The Morgan fingerprint density at radius 2 is 1.00 bits per heavy atom. The van der Waals surface area contributed by atoms with Crippen molar-refractivity contribution >= 4 is 35.9 Å². The molecule has 0 bridgehead atoms. The molecule has 0 atom stereocenters. The van der Waals surface area contributed by atoms with E-state index in [1.165, 1.54) is 14.2 Å². The molecule has 2 aromatic heterocycles. The maximum atomic E-state index is 12.2. The largest absolute Gasteiger partial charge is 0.469 e. The van der Waals surface area contributed by atoms with Crippen LogP contribution < -0.4 is 10.6 Å². The van der Waals surface area contributed by atoms with Crippen molar-refractivity contribution in [3.05, 3.63) is 78.7 Å². The van der Waals surface area contributed by atoms with E-state index in [0.717, 1.165) is 67.6 Å². The van der Waals surface area contributed by atoms with Gasteiger partial charge in [-0.2, -0.15) is 0 Å². The average molecular weight is 589 g/mol. The number of esters is 2. The first kappa shape index (κ1) is 31.3. The molecule has 10 nitrogen and oxygen atoms in total. The Morgan fingerprint density at radius 1 is 0.628 bits per heavy atom. The summed E-state index contributed by atoms with van der Waals surface area (Å²) in [5.74, 6) is -0.831. The van der Waals surface area contributed by atoms with Gasteiger partial charge in [0.15, 0.2) is 0 Å². The van der Waals surface area contributed by atoms with Gasteiger partial charge in [0.25, 0.3) is 11.8 Å². The zero-order chi connectivity index (χ0) is 31.6. The van der Waals surface area contributed by atoms with Crippen LogP contribution in [0.2, 0.25) is 0 Å².